The van der Waals surface area contributed by atoms with Gasteiger partial charge in [0.1, 0.15) is 5.75 Å². The van der Waals surface area contributed by atoms with Crippen LogP contribution < -0.4 is 18.2 Å². The van der Waals surface area contributed by atoms with Gasteiger partial charge in [0.2, 0.25) is 0 Å². The third-order valence-electron chi connectivity index (χ3n) is 10.5. The Morgan fingerprint density at radius 1 is 0.582 bits per heavy atom. The summed E-state index contributed by atoms with van der Waals surface area (Å²) in [7, 11) is -7.81. The van der Waals surface area contributed by atoms with Crippen LogP contribution in [0.4, 0.5) is 17.1 Å². The molecule has 0 unspecified atom stereocenters. The van der Waals surface area contributed by atoms with Crippen molar-refractivity contribution in [3.63, 3.8) is 0 Å². The maximum absolute atomic E-state index is 13.8. The Morgan fingerprint density at radius 3 is 1.62 bits per heavy atom. The van der Waals surface area contributed by atoms with E-state index < -0.39 is 26.0 Å². The van der Waals surface area contributed by atoms with Gasteiger partial charge < -0.3 is 14.5 Å². The van der Waals surface area contributed by atoms with E-state index in [1.54, 1.807) is 35.2 Å². The largest absolute Gasteiger partial charge is 0.423 e. The number of ether oxygens (including phenoxy) is 1. The minimum atomic E-state index is -3.93. The summed E-state index contributed by atoms with van der Waals surface area (Å²) in [4.78, 5) is 30.7. The Kier molecular flexibility index (Phi) is 9.38. The molecule has 0 bridgehead atoms. The molecule has 1 amide bonds. The van der Waals surface area contributed by atoms with Gasteiger partial charge >= 0.3 is 5.97 Å². The third kappa shape index (κ3) is 6.71. The highest BCUT2D eigenvalue weighted by molar-refractivity contribution is 7.93. The van der Waals surface area contributed by atoms with Crippen molar-refractivity contribution >= 4 is 49.0 Å². The van der Waals surface area contributed by atoms with E-state index in [9.17, 15) is 26.4 Å². The van der Waals surface area contributed by atoms with Crippen molar-refractivity contribution < 1.29 is 31.2 Å². The fourth-order valence-corrected chi connectivity index (χ4v) is 11.3. The molecular formula is C42H40N4O7S2. The maximum atomic E-state index is 13.8. The minimum absolute atomic E-state index is 0.0130. The normalized spacial score (nSPS) is 18.2. The molecule has 1 saturated heterocycles. The standard InChI is InChI=1S/C42H40N4O7S2/c1-29-25-31-9-3-5-15-39(31)45(29)54(49,50)37-13-7-11-33(27-37)41(47)44-23-21-43(22-24-44)35-17-19-36(20-18-35)53-42(48)34-12-8-14-38(28-34)55(51,52)46-30(2)26-32-10-4-6-16-40(32)46/h3-20,27-30H,21-26H2,1-2H3/t29-,30-/m0/s1. The van der Waals surface area contributed by atoms with Crippen molar-refractivity contribution in [2.75, 3.05) is 39.7 Å². The smallest absolute Gasteiger partial charge is 0.343 e. The number of hydrogen-bond acceptors (Lipinski definition) is 8. The molecule has 0 aromatic heterocycles. The first-order valence-electron chi connectivity index (χ1n) is 18.2. The molecule has 0 radical (unpaired) electrons. The number of sulfonamides is 2. The van der Waals surface area contributed by atoms with Crippen LogP contribution in [0.3, 0.4) is 0 Å². The number of esters is 1. The number of amides is 1. The predicted octanol–water partition coefficient (Wildman–Crippen LogP) is 6.15. The van der Waals surface area contributed by atoms with E-state index in [2.05, 4.69) is 4.90 Å². The Morgan fingerprint density at radius 2 is 1.07 bits per heavy atom. The number of hydrogen-bond donors (Lipinski definition) is 0. The van der Waals surface area contributed by atoms with Crippen molar-refractivity contribution in [1.82, 2.24) is 4.90 Å². The van der Waals surface area contributed by atoms with Crippen LogP contribution in [0.1, 0.15) is 45.7 Å². The van der Waals surface area contributed by atoms with Gasteiger partial charge in [-0.15, -0.1) is 0 Å². The van der Waals surface area contributed by atoms with Crippen molar-refractivity contribution in [2.45, 2.75) is 48.6 Å². The van der Waals surface area contributed by atoms with Gasteiger partial charge in [0.25, 0.3) is 26.0 Å². The predicted molar refractivity (Wildman–Crippen MR) is 211 cm³/mol. The summed E-state index contributed by atoms with van der Waals surface area (Å²) >= 11 is 0. The highest BCUT2D eigenvalue weighted by atomic mass is 32.2. The average molecular weight is 777 g/mol. The third-order valence-corrected chi connectivity index (χ3v) is 14.4. The molecule has 282 valence electrons. The second kappa shape index (κ2) is 14.2. The molecule has 0 N–H and O–H groups in total. The molecule has 3 aliphatic heterocycles. The highest BCUT2D eigenvalue weighted by Crippen LogP contribution is 2.38. The van der Waals surface area contributed by atoms with E-state index in [1.807, 2.05) is 68.4 Å². The summed E-state index contributed by atoms with van der Waals surface area (Å²) in [5.41, 5.74) is 4.58. The van der Waals surface area contributed by atoms with E-state index >= 15 is 0 Å². The van der Waals surface area contributed by atoms with Crippen molar-refractivity contribution in [3.8, 4) is 5.75 Å². The summed E-state index contributed by atoms with van der Waals surface area (Å²) in [5.74, 6) is -0.603. The molecule has 0 aliphatic carbocycles. The zero-order valence-corrected chi connectivity index (χ0v) is 32.0. The van der Waals surface area contributed by atoms with Crippen LogP contribution in [-0.4, -0.2) is 71.9 Å². The average Bonchev–Trinajstić information content (AvgIpc) is 3.74. The van der Waals surface area contributed by atoms with Gasteiger partial charge in [0.05, 0.1) is 26.7 Å². The number of para-hydroxylation sites is 2. The zero-order chi connectivity index (χ0) is 38.5. The van der Waals surface area contributed by atoms with E-state index in [0.717, 1.165) is 16.8 Å². The summed E-state index contributed by atoms with van der Waals surface area (Å²) < 4.78 is 63.5. The topological polar surface area (TPSA) is 125 Å². The van der Waals surface area contributed by atoms with Gasteiger partial charge in [-0.2, -0.15) is 0 Å². The van der Waals surface area contributed by atoms with E-state index in [4.69, 9.17) is 4.74 Å². The maximum Gasteiger partial charge on any atom is 0.343 e. The Bertz CT molecular complexity index is 2520. The highest BCUT2D eigenvalue weighted by Gasteiger charge is 2.37. The van der Waals surface area contributed by atoms with Crippen LogP contribution in [-0.2, 0) is 32.9 Å². The van der Waals surface area contributed by atoms with E-state index in [0.29, 0.717) is 61.7 Å². The lowest BCUT2D eigenvalue weighted by Gasteiger charge is -2.36. The number of anilines is 3. The fourth-order valence-electron chi connectivity index (χ4n) is 7.85. The summed E-state index contributed by atoms with van der Waals surface area (Å²) in [6.45, 7) is 5.72. The quantitative estimate of drug-likeness (QED) is 0.136. The molecule has 3 heterocycles. The summed E-state index contributed by atoms with van der Waals surface area (Å²) in [6, 6.07) is 33.6. The fraction of sp³-hybridized carbons (Fsp3) is 0.238. The van der Waals surface area contributed by atoms with Gasteiger partial charge in [-0.05, 0) is 111 Å². The van der Waals surface area contributed by atoms with Crippen LogP contribution in [0.15, 0.2) is 131 Å². The van der Waals surface area contributed by atoms with Gasteiger partial charge in [0, 0.05) is 49.5 Å². The summed E-state index contributed by atoms with van der Waals surface area (Å²) in [5, 5.41) is 0. The van der Waals surface area contributed by atoms with E-state index in [1.165, 1.54) is 45.0 Å². The first kappa shape index (κ1) is 36.3. The van der Waals surface area contributed by atoms with Gasteiger partial charge in [-0.25, -0.2) is 21.6 Å². The second-order valence-corrected chi connectivity index (χ2v) is 17.8. The Balaban J connectivity index is 0.889. The van der Waals surface area contributed by atoms with Crippen molar-refractivity contribution in [1.29, 1.82) is 0 Å². The molecule has 8 rings (SSSR count). The number of carbonyl (C=O) groups excluding carboxylic acids is 2. The molecule has 0 saturated carbocycles. The Labute approximate surface area is 321 Å². The van der Waals surface area contributed by atoms with Crippen LogP contribution >= 0.6 is 0 Å². The number of benzene rings is 5. The molecule has 1 fully saturated rings. The lowest BCUT2D eigenvalue weighted by molar-refractivity contribution is 0.0731. The number of carbonyl (C=O) groups is 2. The molecule has 55 heavy (non-hydrogen) atoms. The van der Waals surface area contributed by atoms with Crippen molar-refractivity contribution in [3.05, 3.63) is 144 Å². The number of nitrogens with zero attached hydrogens (tertiary/aromatic N) is 4. The van der Waals surface area contributed by atoms with Gasteiger partial charge in [0.15, 0.2) is 0 Å². The molecular weight excluding hydrogens is 737 g/mol. The monoisotopic (exact) mass is 776 g/mol. The first-order chi connectivity index (χ1) is 26.4. The molecule has 13 heteroatoms. The summed E-state index contributed by atoms with van der Waals surface area (Å²) in [6.07, 6.45) is 1.24. The first-order valence-corrected chi connectivity index (χ1v) is 21.1. The van der Waals surface area contributed by atoms with Crippen LogP contribution in [0.2, 0.25) is 0 Å². The molecule has 5 aromatic rings. The van der Waals surface area contributed by atoms with Crippen molar-refractivity contribution in [2.24, 2.45) is 0 Å². The van der Waals surface area contributed by atoms with Gasteiger partial charge in [-0.1, -0.05) is 48.5 Å². The lowest BCUT2D eigenvalue weighted by atomic mass is 10.1. The molecule has 5 aromatic carbocycles. The van der Waals surface area contributed by atoms with E-state index in [-0.39, 0.29) is 33.3 Å². The lowest BCUT2D eigenvalue weighted by Crippen LogP contribution is -2.48. The SMILES string of the molecule is C[C@H]1Cc2ccccc2N1S(=O)(=O)c1cccc(C(=O)Oc2ccc(N3CCN(C(=O)c4cccc(S(=O)(=O)N5c6ccccc6C[C@@H]5C)c4)CC3)cc2)c1. The molecule has 0 spiro atoms. The number of piperazine rings is 1. The number of rotatable bonds is 8. The minimum Gasteiger partial charge on any atom is -0.423 e. The van der Waals surface area contributed by atoms with Crippen LogP contribution in [0, 0.1) is 0 Å². The molecule has 3 aliphatic rings. The Hall–Kier alpha value is -5.66. The van der Waals surface area contributed by atoms with Crippen LogP contribution in [0.25, 0.3) is 0 Å². The number of fused-ring (bicyclic) bond motifs is 2. The van der Waals surface area contributed by atoms with Crippen LogP contribution in [0.5, 0.6) is 5.75 Å². The molecule has 2 atom stereocenters. The second-order valence-electron chi connectivity index (χ2n) is 14.2. The molecule has 11 nitrogen and oxygen atoms in total. The van der Waals surface area contributed by atoms with Gasteiger partial charge in [-0.3, -0.25) is 13.4 Å². The zero-order valence-electron chi connectivity index (χ0n) is 30.4.